The minimum atomic E-state index is -4.87. The van der Waals surface area contributed by atoms with Gasteiger partial charge in [-0.05, 0) is 12.1 Å². The lowest BCUT2D eigenvalue weighted by molar-refractivity contribution is -0.140. The molecule has 0 bridgehead atoms. The molecule has 20 heavy (non-hydrogen) atoms. The monoisotopic (exact) mass is 332 g/mol. The second-order valence-electron chi connectivity index (χ2n) is 3.86. The van der Waals surface area contributed by atoms with Gasteiger partial charge in [0.2, 0.25) is 7.37 Å². The van der Waals surface area contributed by atoms with Gasteiger partial charge >= 0.3 is 6.18 Å². The van der Waals surface area contributed by atoms with Crippen molar-refractivity contribution in [2.75, 3.05) is 12.5 Å². The number of halogens is 3. The normalized spacial score (nSPS) is 15.8. The van der Waals surface area contributed by atoms with E-state index in [0.29, 0.717) is 6.07 Å². The Balaban J connectivity index is 3.15. The van der Waals surface area contributed by atoms with Gasteiger partial charge in [0.1, 0.15) is 11.2 Å². The predicted molar refractivity (Wildman–Crippen MR) is 64.9 cm³/mol. The van der Waals surface area contributed by atoms with Crippen LogP contribution in [0, 0.1) is 0 Å². The molecule has 0 aliphatic rings. The van der Waals surface area contributed by atoms with Crippen LogP contribution < -0.4 is 0 Å². The third-order valence-corrected chi connectivity index (χ3v) is 5.38. The molecule has 0 saturated heterocycles. The van der Waals surface area contributed by atoms with Crippen molar-refractivity contribution in [3.05, 3.63) is 29.8 Å². The van der Waals surface area contributed by atoms with Crippen LogP contribution in [-0.2, 0) is 25.0 Å². The summed E-state index contributed by atoms with van der Waals surface area (Å²) >= 11 is 0. The fourth-order valence-corrected chi connectivity index (χ4v) is 3.45. The molecule has 1 aromatic rings. The molecule has 114 valence electrons. The molecule has 0 spiro atoms. The number of hydrogen-bond donors (Lipinski definition) is 1. The van der Waals surface area contributed by atoms with E-state index < -0.39 is 40.5 Å². The molecule has 0 aromatic heterocycles. The molecule has 0 radical (unpaired) electrons. The van der Waals surface area contributed by atoms with Crippen LogP contribution in [0.25, 0.3) is 0 Å². The Morgan fingerprint density at radius 3 is 2.35 bits per heavy atom. The summed E-state index contributed by atoms with van der Waals surface area (Å²) in [6.45, 7) is 1.33. The van der Waals surface area contributed by atoms with Gasteiger partial charge in [0.05, 0.1) is 5.56 Å². The summed E-state index contributed by atoms with van der Waals surface area (Å²) < 4.78 is 77.1. The highest BCUT2D eigenvalue weighted by Crippen LogP contribution is 2.41. The van der Waals surface area contributed by atoms with E-state index >= 15 is 0 Å². The lowest BCUT2D eigenvalue weighted by Gasteiger charge is -2.14. The van der Waals surface area contributed by atoms with E-state index in [9.17, 15) is 31.0 Å². The average molecular weight is 332 g/mol. The third-order valence-electron chi connectivity index (χ3n) is 2.37. The Kier molecular flexibility index (Phi) is 5.02. The Hall–Kier alpha value is -0.890. The number of benzene rings is 1. The molecule has 5 nitrogen and oxygen atoms in total. The predicted octanol–water partition coefficient (Wildman–Crippen LogP) is 2.66. The van der Waals surface area contributed by atoms with Gasteiger partial charge in [0, 0.05) is 6.16 Å². The van der Waals surface area contributed by atoms with Crippen LogP contribution in [0.2, 0.25) is 0 Å². The van der Waals surface area contributed by atoms with Gasteiger partial charge in [0.25, 0.3) is 10.1 Å². The van der Waals surface area contributed by atoms with Crippen LogP contribution in [0.4, 0.5) is 13.2 Å². The maximum atomic E-state index is 12.7. The van der Waals surface area contributed by atoms with E-state index in [1.807, 2.05) is 0 Å². The summed E-state index contributed by atoms with van der Waals surface area (Å²) in [4.78, 5) is 8.13. The van der Waals surface area contributed by atoms with E-state index in [0.717, 1.165) is 18.2 Å². The zero-order chi connectivity index (χ0) is 15.6. The topological polar surface area (TPSA) is 80.7 Å². The second-order valence-corrected chi connectivity index (χ2v) is 8.02. The second kappa shape index (κ2) is 5.85. The van der Waals surface area contributed by atoms with Crippen molar-refractivity contribution >= 4 is 17.5 Å². The molecule has 1 N–H and O–H groups in total. The fourth-order valence-electron chi connectivity index (χ4n) is 1.23. The molecule has 1 rings (SSSR count). The summed E-state index contributed by atoms with van der Waals surface area (Å²) in [6.07, 6.45) is -6.18. The number of rotatable bonds is 5. The first kappa shape index (κ1) is 17.2. The highest BCUT2D eigenvalue weighted by Gasteiger charge is 2.37. The van der Waals surface area contributed by atoms with Gasteiger partial charge in [-0.3, -0.25) is 8.75 Å². The van der Waals surface area contributed by atoms with Crippen LogP contribution in [0.15, 0.2) is 29.2 Å². The van der Waals surface area contributed by atoms with Crippen molar-refractivity contribution in [3.63, 3.8) is 0 Å². The summed E-state index contributed by atoms with van der Waals surface area (Å²) in [5.41, 5.74) is -1.38. The largest absolute Gasteiger partial charge is 0.417 e. The number of alkyl halides is 3. The molecule has 0 saturated carbocycles. The molecule has 0 aliphatic carbocycles. The Labute approximate surface area is 114 Å². The first-order valence-electron chi connectivity index (χ1n) is 5.36. The maximum absolute atomic E-state index is 12.7. The van der Waals surface area contributed by atoms with E-state index in [1.54, 1.807) is 0 Å². The summed E-state index contributed by atoms with van der Waals surface area (Å²) in [5.74, 6) is 0. The molecule has 0 heterocycles. The fraction of sp³-hybridized carbons (Fsp3) is 0.400. The van der Waals surface area contributed by atoms with Crippen molar-refractivity contribution in [1.29, 1.82) is 0 Å². The standard InChI is InChI=1S/C10H12F3O5PS/c1-2-19(14,15)7-18-20(16,17)9-6-4-3-5-8(9)10(11,12)13/h3-6H,2,7H2,1H3,(H,14,15). The van der Waals surface area contributed by atoms with Gasteiger partial charge < -0.3 is 4.89 Å². The summed E-state index contributed by atoms with van der Waals surface area (Å²) in [7, 11) is -8.60. The lowest BCUT2D eigenvalue weighted by Crippen LogP contribution is -2.15. The van der Waals surface area contributed by atoms with Gasteiger partial charge in [-0.1, -0.05) is 19.1 Å². The molecular formula is C10H12F3O5PS. The van der Waals surface area contributed by atoms with Crippen LogP contribution >= 0.6 is 7.37 Å². The van der Waals surface area contributed by atoms with Crippen LogP contribution in [0.1, 0.15) is 12.5 Å². The number of hydrogen-bond acceptors (Lipinski definition) is 4. The van der Waals surface area contributed by atoms with E-state index in [2.05, 4.69) is 4.18 Å². The summed E-state index contributed by atoms with van der Waals surface area (Å²) in [5, 5.41) is 0. The van der Waals surface area contributed by atoms with Crippen LogP contribution in [0.5, 0.6) is 0 Å². The molecule has 0 fully saturated rings. The quantitative estimate of drug-likeness (QED) is 0.662. The smallest absolute Gasteiger partial charge is 0.343 e. The van der Waals surface area contributed by atoms with Crippen molar-refractivity contribution < 1.29 is 35.2 Å². The summed E-state index contributed by atoms with van der Waals surface area (Å²) in [6, 6.07) is 3.45. The van der Waals surface area contributed by atoms with Crippen molar-refractivity contribution in [2.24, 2.45) is 0 Å². The minimum absolute atomic E-state index is 0.247. The third kappa shape index (κ3) is 4.31. The first-order valence-corrected chi connectivity index (χ1v) is 8.80. The highest BCUT2D eigenvalue weighted by atomic mass is 32.2. The van der Waals surface area contributed by atoms with Crippen molar-refractivity contribution in [2.45, 2.75) is 18.0 Å². The zero-order valence-corrected chi connectivity index (χ0v) is 12.0. The van der Waals surface area contributed by atoms with Gasteiger partial charge in [-0.25, -0.2) is 0 Å². The lowest BCUT2D eigenvalue weighted by atomic mass is 10.2. The first-order chi connectivity index (χ1) is 8.99. The maximum Gasteiger partial charge on any atom is 0.417 e. The molecular weight excluding hydrogens is 320 g/mol. The highest BCUT2D eigenvalue weighted by molar-refractivity contribution is 7.87. The zero-order valence-electron chi connectivity index (χ0n) is 10.3. The van der Waals surface area contributed by atoms with Crippen LogP contribution in [-0.4, -0.2) is 25.8 Å². The Bertz CT molecular complexity index is 626. The minimum Gasteiger partial charge on any atom is -0.343 e. The molecule has 0 amide bonds. The molecule has 10 heteroatoms. The SMILES string of the molecule is CCP(=O)(O)COS(=O)(=O)c1ccccc1C(F)(F)F. The van der Waals surface area contributed by atoms with Gasteiger partial charge in [-0.15, -0.1) is 0 Å². The van der Waals surface area contributed by atoms with Crippen molar-refractivity contribution in [3.8, 4) is 0 Å². The average Bonchev–Trinajstić information content (AvgIpc) is 2.36. The molecule has 0 aliphatic heterocycles. The van der Waals surface area contributed by atoms with Crippen molar-refractivity contribution in [1.82, 2.24) is 0 Å². The van der Waals surface area contributed by atoms with E-state index in [-0.39, 0.29) is 6.16 Å². The molecule has 1 aromatic carbocycles. The van der Waals surface area contributed by atoms with Gasteiger partial charge in [-0.2, -0.15) is 21.6 Å². The van der Waals surface area contributed by atoms with E-state index in [1.165, 1.54) is 6.92 Å². The Morgan fingerprint density at radius 2 is 1.85 bits per heavy atom. The molecule has 1 atom stereocenters. The Morgan fingerprint density at radius 1 is 1.30 bits per heavy atom. The molecule has 1 unspecified atom stereocenters. The van der Waals surface area contributed by atoms with Gasteiger partial charge in [0.15, 0.2) is 0 Å². The van der Waals surface area contributed by atoms with E-state index in [4.69, 9.17) is 0 Å². The van der Waals surface area contributed by atoms with Crippen LogP contribution in [0.3, 0.4) is 0 Å².